The van der Waals surface area contributed by atoms with Gasteiger partial charge in [-0.05, 0) is 25.1 Å². The number of nitro groups is 1. The molecule has 3 rings (SSSR count). The molecule has 0 aliphatic carbocycles. The second kappa shape index (κ2) is 5.41. The molecule has 0 bridgehead atoms. The summed E-state index contributed by atoms with van der Waals surface area (Å²) in [4.78, 5) is 30.4. The van der Waals surface area contributed by atoms with Crippen LogP contribution in [0.4, 0.5) is 5.69 Å². The Morgan fingerprint density at radius 3 is 2.70 bits per heavy atom. The Hall–Kier alpha value is -3.42. The Morgan fingerprint density at radius 1 is 1.26 bits per heavy atom. The number of aromatic amines is 2. The van der Waals surface area contributed by atoms with E-state index in [9.17, 15) is 20.0 Å². The predicted octanol–water partition coefficient (Wildman–Crippen LogP) is 2.34. The van der Waals surface area contributed by atoms with Gasteiger partial charge in [-0.25, -0.2) is 0 Å². The van der Waals surface area contributed by atoms with Gasteiger partial charge in [0.05, 0.1) is 4.92 Å². The second-order valence-corrected chi connectivity index (χ2v) is 4.92. The molecule has 116 valence electrons. The molecule has 8 nitrogen and oxygen atoms in total. The molecule has 3 N–H and O–H groups in total. The normalized spacial score (nSPS) is 11.3. The molecule has 0 radical (unpaired) electrons. The van der Waals surface area contributed by atoms with Crippen molar-refractivity contribution in [2.75, 3.05) is 0 Å². The van der Waals surface area contributed by atoms with Crippen molar-refractivity contribution >= 4 is 28.7 Å². The van der Waals surface area contributed by atoms with E-state index in [2.05, 4.69) is 15.0 Å². The zero-order valence-electron chi connectivity index (χ0n) is 12.0. The number of aromatic nitrogens is 3. The van der Waals surface area contributed by atoms with Crippen molar-refractivity contribution in [2.45, 2.75) is 6.92 Å². The fourth-order valence-electron chi connectivity index (χ4n) is 2.39. The molecule has 0 unspecified atom stereocenters. The number of aromatic hydroxyl groups is 1. The molecule has 2 heterocycles. The third-order valence-corrected chi connectivity index (χ3v) is 3.43. The average molecular weight is 312 g/mol. The molecule has 0 spiro atoms. The number of H-pyrrole nitrogens is 2. The van der Waals surface area contributed by atoms with Crippen LogP contribution in [0.2, 0.25) is 0 Å². The maximum absolute atomic E-state index is 11.6. The van der Waals surface area contributed by atoms with Gasteiger partial charge < -0.3 is 15.1 Å². The van der Waals surface area contributed by atoms with Crippen LogP contribution in [0.3, 0.4) is 0 Å². The van der Waals surface area contributed by atoms with E-state index in [-0.39, 0.29) is 5.82 Å². The van der Waals surface area contributed by atoms with Gasteiger partial charge in [0.2, 0.25) is 0 Å². The van der Waals surface area contributed by atoms with Crippen molar-refractivity contribution in [1.29, 1.82) is 0 Å². The predicted molar refractivity (Wildman–Crippen MR) is 85.1 cm³/mol. The van der Waals surface area contributed by atoms with Crippen LogP contribution in [-0.2, 0) is 0 Å². The van der Waals surface area contributed by atoms with E-state index in [0.29, 0.717) is 0 Å². The SMILES string of the molecule is Cc1[nH]c2ccccc2c1/C=C\c1nc(O)c([N+](=O)[O-])c(=O)[nH]1. The summed E-state index contributed by atoms with van der Waals surface area (Å²) in [5, 5.41) is 21.2. The van der Waals surface area contributed by atoms with Crippen LogP contribution in [0.15, 0.2) is 29.1 Å². The van der Waals surface area contributed by atoms with E-state index < -0.39 is 22.0 Å². The zero-order valence-corrected chi connectivity index (χ0v) is 12.0. The lowest BCUT2D eigenvalue weighted by atomic mass is 10.1. The Kier molecular flexibility index (Phi) is 3.41. The van der Waals surface area contributed by atoms with Crippen LogP contribution in [0.25, 0.3) is 23.1 Å². The Bertz CT molecular complexity index is 1000. The maximum Gasteiger partial charge on any atom is 0.395 e. The van der Waals surface area contributed by atoms with Crippen molar-refractivity contribution in [3.8, 4) is 5.88 Å². The maximum atomic E-state index is 11.6. The van der Waals surface area contributed by atoms with Gasteiger partial charge >= 0.3 is 11.2 Å². The van der Waals surface area contributed by atoms with E-state index in [1.54, 1.807) is 6.08 Å². The monoisotopic (exact) mass is 312 g/mol. The third-order valence-electron chi connectivity index (χ3n) is 3.43. The van der Waals surface area contributed by atoms with Crippen molar-refractivity contribution in [3.05, 3.63) is 61.8 Å². The lowest BCUT2D eigenvalue weighted by Gasteiger charge is -1.97. The molecule has 1 aromatic carbocycles. The number of benzene rings is 1. The van der Waals surface area contributed by atoms with Gasteiger partial charge in [0, 0.05) is 22.2 Å². The van der Waals surface area contributed by atoms with Gasteiger partial charge in [-0.1, -0.05) is 18.2 Å². The molecule has 3 aromatic rings. The molecule has 0 amide bonds. The van der Waals surface area contributed by atoms with Gasteiger partial charge in [0.15, 0.2) is 0 Å². The topological polar surface area (TPSA) is 125 Å². The zero-order chi connectivity index (χ0) is 16.6. The van der Waals surface area contributed by atoms with Gasteiger partial charge in [-0.2, -0.15) is 4.98 Å². The summed E-state index contributed by atoms with van der Waals surface area (Å²) in [6, 6.07) is 7.71. The molecule has 0 aliphatic heterocycles. The van der Waals surface area contributed by atoms with E-state index in [0.717, 1.165) is 22.2 Å². The van der Waals surface area contributed by atoms with Crippen molar-refractivity contribution < 1.29 is 10.0 Å². The highest BCUT2D eigenvalue weighted by Gasteiger charge is 2.21. The van der Waals surface area contributed by atoms with Crippen LogP contribution in [-0.4, -0.2) is 25.0 Å². The quantitative estimate of drug-likeness (QED) is 0.505. The summed E-state index contributed by atoms with van der Waals surface area (Å²) in [6.45, 7) is 1.91. The van der Waals surface area contributed by atoms with Crippen molar-refractivity contribution in [3.63, 3.8) is 0 Å². The van der Waals surface area contributed by atoms with Crippen LogP contribution in [0.1, 0.15) is 17.1 Å². The number of fused-ring (bicyclic) bond motifs is 1. The largest absolute Gasteiger partial charge is 0.488 e. The van der Waals surface area contributed by atoms with Gasteiger partial charge in [-0.3, -0.25) is 14.9 Å². The first-order valence-electron chi connectivity index (χ1n) is 6.70. The lowest BCUT2D eigenvalue weighted by Crippen LogP contribution is -2.14. The summed E-state index contributed by atoms with van der Waals surface area (Å²) >= 11 is 0. The van der Waals surface area contributed by atoms with Gasteiger partial charge in [-0.15, -0.1) is 0 Å². The summed E-state index contributed by atoms with van der Waals surface area (Å²) < 4.78 is 0. The minimum Gasteiger partial charge on any atom is -0.488 e. The fraction of sp³-hybridized carbons (Fsp3) is 0.0667. The smallest absolute Gasteiger partial charge is 0.395 e. The number of hydrogen-bond acceptors (Lipinski definition) is 5. The van der Waals surface area contributed by atoms with E-state index >= 15 is 0 Å². The molecule has 8 heteroatoms. The number of para-hydroxylation sites is 1. The highest BCUT2D eigenvalue weighted by molar-refractivity contribution is 5.92. The van der Waals surface area contributed by atoms with Crippen LogP contribution in [0.5, 0.6) is 5.88 Å². The molecule has 0 saturated heterocycles. The Morgan fingerprint density at radius 2 is 2.00 bits per heavy atom. The van der Waals surface area contributed by atoms with E-state index in [4.69, 9.17) is 0 Å². The minimum atomic E-state index is -1.00. The van der Waals surface area contributed by atoms with Gasteiger partial charge in [0.1, 0.15) is 5.82 Å². The molecular formula is C15H12N4O4. The third kappa shape index (κ3) is 2.57. The van der Waals surface area contributed by atoms with Crippen molar-refractivity contribution in [1.82, 2.24) is 15.0 Å². The molecule has 0 aliphatic rings. The number of nitrogens with one attached hydrogen (secondary N) is 2. The highest BCUT2D eigenvalue weighted by atomic mass is 16.6. The first kappa shape index (κ1) is 14.5. The van der Waals surface area contributed by atoms with Gasteiger partial charge in [0.25, 0.3) is 5.88 Å². The molecule has 0 fully saturated rings. The summed E-state index contributed by atoms with van der Waals surface area (Å²) in [7, 11) is 0. The molecule has 2 aromatic heterocycles. The second-order valence-electron chi connectivity index (χ2n) is 4.92. The number of rotatable bonds is 3. The molecule has 23 heavy (non-hydrogen) atoms. The summed E-state index contributed by atoms with van der Waals surface area (Å²) in [5.74, 6) is -0.878. The summed E-state index contributed by atoms with van der Waals surface area (Å²) in [6.07, 6.45) is 3.20. The van der Waals surface area contributed by atoms with E-state index in [1.807, 2.05) is 31.2 Å². The lowest BCUT2D eigenvalue weighted by molar-refractivity contribution is -0.387. The first-order valence-corrected chi connectivity index (χ1v) is 6.70. The average Bonchev–Trinajstić information content (AvgIpc) is 2.79. The van der Waals surface area contributed by atoms with Crippen LogP contribution in [0, 0.1) is 17.0 Å². The van der Waals surface area contributed by atoms with E-state index in [1.165, 1.54) is 6.08 Å². The van der Waals surface area contributed by atoms with Crippen LogP contribution < -0.4 is 5.56 Å². The Balaban J connectivity index is 2.04. The standard InChI is InChI=1S/C15H12N4O4/c1-8-9(10-4-2-3-5-11(10)16-8)6-7-12-17-14(20)13(19(22)23)15(21)18-12/h2-7,16H,1H3,(H2,17,18,20,21)/b7-6-. The first-order chi connectivity index (χ1) is 11.0. The Labute approximate surface area is 129 Å². The summed E-state index contributed by atoms with van der Waals surface area (Å²) in [5.41, 5.74) is 0.831. The van der Waals surface area contributed by atoms with Crippen molar-refractivity contribution in [2.24, 2.45) is 0 Å². The number of aryl methyl sites for hydroxylation is 1. The fourth-order valence-corrected chi connectivity index (χ4v) is 2.39. The van der Waals surface area contributed by atoms with Crippen LogP contribution >= 0.6 is 0 Å². The molecule has 0 saturated carbocycles. The number of hydrogen-bond donors (Lipinski definition) is 3. The minimum absolute atomic E-state index is 0.0304. The highest BCUT2D eigenvalue weighted by Crippen LogP contribution is 2.24. The number of nitrogens with zero attached hydrogens (tertiary/aromatic N) is 2. The molecule has 0 atom stereocenters. The molecular weight excluding hydrogens is 300 g/mol.